The Kier molecular flexibility index (Phi) is 4.44. The summed E-state index contributed by atoms with van der Waals surface area (Å²) in [5.74, 6) is -3.03. The van der Waals surface area contributed by atoms with Crippen molar-refractivity contribution in [1.29, 1.82) is 0 Å². The van der Waals surface area contributed by atoms with Gasteiger partial charge in [0.1, 0.15) is 0 Å². The third-order valence-corrected chi connectivity index (χ3v) is 3.81. The van der Waals surface area contributed by atoms with E-state index in [4.69, 9.17) is 0 Å². The third-order valence-electron chi connectivity index (χ3n) is 3.81. The number of carbonyl (C=O) groups excluding carboxylic acids is 2. The summed E-state index contributed by atoms with van der Waals surface area (Å²) >= 11 is 0. The largest absolute Gasteiger partial charge is 0.545 e. The van der Waals surface area contributed by atoms with Crippen molar-refractivity contribution < 1.29 is 33.0 Å². The molecule has 1 heterocycles. The van der Waals surface area contributed by atoms with Gasteiger partial charge in [0.25, 0.3) is 0 Å². The summed E-state index contributed by atoms with van der Waals surface area (Å²) in [5, 5.41) is 24.8. The fraction of sp³-hybridized carbons (Fsp3) is 0.0556. The van der Waals surface area contributed by atoms with Gasteiger partial charge >= 0.3 is 6.18 Å². The molecule has 0 atom stereocenters. The average Bonchev–Trinajstić information content (AvgIpc) is 2.60. The van der Waals surface area contributed by atoms with Gasteiger partial charge < -0.3 is 25.1 Å². The van der Waals surface area contributed by atoms with Crippen molar-refractivity contribution in [2.24, 2.45) is 0 Å². The van der Waals surface area contributed by atoms with Crippen LogP contribution in [0.3, 0.4) is 0 Å². The quantitative estimate of drug-likeness (QED) is 0.746. The number of nitrogens with one attached hydrogen (secondary N) is 1. The van der Waals surface area contributed by atoms with Crippen molar-refractivity contribution >= 4 is 34.2 Å². The highest BCUT2D eigenvalue weighted by molar-refractivity contribution is 6.05. The summed E-state index contributed by atoms with van der Waals surface area (Å²) in [4.78, 5) is 25.8. The number of alkyl halides is 3. The van der Waals surface area contributed by atoms with Crippen LogP contribution in [-0.2, 0) is 6.18 Å². The highest BCUT2D eigenvalue weighted by atomic mass is 19.4. The highest BCUT2D eigenvalue weighted by Crippen LogP contribution is 2.37. The number of aromatic carboxylic acids is 2. The molecule has 6 nitrogen and oxygen atoms in total. The van der Waals surface area contributed by atoms with Crippen LogP contribution in [0.1, 0.15) is 26.3 Å². The monoisotopic (exact) mass is 374 g/mol. The number of hydrogen-bond donors (Lipinski definition) is 1. The van der Waals surface area contributed by atoms with Crippen LogP contribution in [0.4, 0.5) is 24.5 Å². The van der Waals surface area contributed by atoms with E-state index in [9.17, 15) is 33.0 Å². The molecule has 0 aliphatic rings. The van der Waals surface area contributed by atoms with Gasteiger partial charge in [0, 0.05) is 22.8 Å². The minimum Gasteiger partial charge on any atom is -0.545 e. The van der Waals surface area contributed by atoms with Crippen LogP contribution in [0, 0.1) is 0 Å². The van der Waals surface area contributed by atoms with Crippen molar-refractivity contribution in [3.05, 3.63) is 65.4 Å². The molecule has 3 rings (SSSR count). The lowest BCUT2D eigenvalue weighted by Gasteiger charge is -2.17. The number of carboxylic acids is 2. The van der Waals surface area contributed by atoms with Crippen LogP contribution in [-0.4, -0.2) is 16.9 Å². The van der Waals surface area contributed by atoms with E-state index in [1.165, 1.54) is 30.3 Å². The van der Waals surface area contributed by atoms with E-state index in [2.05, 4.69) is 10.3 Å². The van der Waals surface area contributed by atoms with Crippen LogP contribution in [0.5, 0.6) is 0 Å². The van der Waals surface area contributed by atoms with E-state index < -0.39 is 34.8 Å². The zero-order valence-corrected chi connectivity index (χ0v) is 13.3. The van der Waals surface area contributed by atoms with Crippen LogP contribution in [0.15, 0.2) is 48.7 Å². The lowest BCUT2D eigenvalue weighted by atomic mass is 10.0. The molecule has 0 unspecified atom stereocenters. The molecule has 27 heavy (non-hydrogen) atoms. The molecule has 0 amide bonds. The number of rotatable bonds is 4. The summed E-state index contributed by atoms with van der Waals surface area (Å²) in [6.45, 7) is 0. The number of carbonyl (C=O) groups is 2. The van der Waals surface area contributed by atoms with E-state index in [0.717, 1.165) is 18.3 Å². The molecule has 0 spiro atoms. The number of pyridine rings is 1. The summed E-state index contributed by atoms with van der Waals surface area (Å²) < 4.78 is 39.6. The Morgan fingerprint density at radius 3 is 2.19 bits per heavy atom. The fourth-order valence-corrected chi connectivity index (χ4v) is 2.58. The lowest BCUT2D eigenvalue weighted by Crippen LogP contribution is -2.24. The molecule has 9 heteroatoms. The summed E-state index contributed by atoms with van der Waals surface area (Å²) in [6.07, 6.45) is -3.90. The summed E-state index contributed by atoms with van der Waals surface area (Å²) in [5.41, 5.74) is -1.88. The second-order valence-corrected chi connectivity index (χ2v) is 5.52. The number of fused-ring (bicyclic) bond motifs is 1. The predicted octanol–water partition coefficient (Wildman–Crippen LogP) is 1.72. The first-order valence-electron chi connectivity index (χ1n) is 7.47. The zero-order chi connectivity index (χ0) is 19.8. The first-order chi connectivity index (χ1) is 12.7. The SMILES string of the molecule is O=C([O-])c1ccc(Nc2c(C(=O)[O-])cnc3c(C(F)(F)F)cccc23)cc1. The van der Waals surface area contributed by atoms with Gasteiger partial charge in [0.2, 0.25) is 0 Å². The van der Waals surface area contributed by atoms with Crippen molar-refractivity contribution in [2.75, 3.05) is 5.32 Å². The number of halogens is 3. The average molecular weight is 374 g/mol. The second kappa shape index (κ2) is 6.60. The van der Waals surface area contributed by atoms with Gasteiger partial charge in [-0.25, -0.2) is 0 Å². The maximum Gasteiger partial charge on any atom is 0.418 e. The van der Waals surface area contributed by atoms with Gasteiger partial charge in [-0.3, -0.25) is 4.98 Å². The van der Waals surface area contributed by atoms with Crippen molar-refractivity contribution in [2.45, 2.75) is 6.18 Å². The van der Waals surface area contributed by atoms with Crippen molar-refractivity contribution in [1.82, 2.24) is 4.98 Å². The molecule has 0 saturated carbocycles. The molecule has 0 fully saturated rings. The van der Waals surface area contributed by atoms with Gasteiger partial charge in [0.15, 0.2) is 0 Å². The minimum absolute atomic E-state index is 0.0736. The second-order valence-electron chi connectivity index (χ2n) is 5.52. The first kappa shape index (κ1) is 18.2. The predicted molar refractivity (Wildman–Crippen MR) is 85.1 cm³/mol. The van der Waals surface area contributed by atoms with Gasteiger partial charge in [-0.15, -0.1) is 0 Å². The first-order valence-corrected chi connectivity index (χ1v) is 7.47. The standard InChI is InChI=1S/C18H11F3N2O4/c19-18(20,21)13-3-1-2-11-14(12(17(26)27)8-22-15(11)13)23-10-6-4-9(5-7-10)16(24)25/h1-8H,(H,22,23)(H,24,25)(H,26,27)/p-2. The lowest BCUT2D eigenvalue weighted by molar-refractivity contribution is -0.256. The molecule has 1 N–H and O–H groups in total. The summed E-state index contributed by atoms with van der Waals surface area (Å²) in [7, 11) is 0. The van der Waals surface area contributed by atoms with E-state index in [0.29, 0.717) is 0 Å². The molecule has 0 saturated heterocycles. The molecule has 0 bridgehead atoms. The number of hydrogen-bond acceptors (Lipinski definition) is 6. The number of anilines is 2. The number of para-hydroxylation sites is 1. The van der Waals surface area contributed by atoms with E-state index >= 15 is 0 Å². The Bertz CT molecular complexity index is 1050. The molecule has 0 aliphatic heterocycles. The molecule has 3 aromatic rings. The molecule has 0 aliphatic carbocycles. The molecular formula is C18H9F3N2O4-2. The Hall–Kier alpha value is -3.62. The Morgan fingerprint density at radius 1 is 0.963 bits per heavy atom. The van der Waals surface area contributed by atoms with Gasteiger partial charge in [-0.1, -0.05) is 24.3 Å². The van der Waals surface area contributed by atoms with E-state index in [1.807, 2.05) is 0 Å². The number of nitrogens with zero attached hydrogens (tertiary/aromatic N) is 1. The topological polar surface area (TPSA) is 105 Å². The van der Waals surface area contributed by atoms with E-state index in [-0.39, 0.29) is 22.3 Å². The number of carboxylic acid groups (broad SMARTS) is 2. The number of aromatic nitrogens is 1. The van der Waals surface area contributed by atoms with Crippen molar-refractivity contribution in [3.8, 4) is 0 Å². The molecule has 1 aromatic heterocycles. The Labute approximate surface area is 149 Å². The van der Waals surface area contributed by atoms with Crippen molar-refractivity contribution in [3.63, 3.8) is 0 Å². The number of benzene rings is 2. The zero-order valence-electron chi connectivity index (χ0n) is 13.3. The third kappa shape index (κ3) is 3.52. The van der Waals surface area contributed by atoms with Gasteiger partial charge in [-0.05, 0) is 23.8 Å². The van der Waals surface area contributed by atoms with Gasteiger partial charge in [0.05, 0.1) is 28.7 Å². The molecule has 0 radical (unpaired) electrons. The van der Waals surface area contributed by atoms with Gasteiger partial charge in [-0.2, -0.15) is 13.2 Å². The smallest absolute Gasteiger partial charge is 0.418 e. The minimum atomic E-state index is -4.68. The maximum absolute atomic E-state index is 13.2. The molecule has 138 valence electrons. The molecule has 2 aromatic carbocycles. The Morgan fingerprint density at radius 2 is 1.63 bits per heavy atom. The van der Waals surface area contributed by atoms with Crippen LogP contribution >= 0.6 is 0 Å². The molecular weight excluding hydrogens is 365 g/mol. The van der Waals surface area contributed by atoms with Crippen LogP contribution in [0.2, 0.25) is 0 Å². The highest BCUT2D eigenvalue weighted by Gasteiger charge is 2.33. The fourth-order valence-electron chi connectivity index (χ4n) is 2.58. The summed E-state index contributed by atoms with van der Waals surface area (Å²) in [6, 6.07) is 8.33. The van der Waals surface area contributed by atoms with E-state index in [1.54, 1.807) is 0 Å². The Balaban J connectivity index is 2.18. The normalized spacial score (nSPS) is 11.4. The van der Waals surface area contributed by atoms with Crippen LogP contribution in [0.25, 0.3) is 10.9 Å². The van der Waals surface area contributed by atoms with Crippen LogP contribution < -0.4 is 15.5 Å². The maximum atomic E-state index is 13.2.